The van der Waals surface area contributed by atoms with Crippen LogP contribution >= 0.6 is 15.9 Å². The van der Waals surface area contributed by atoms with Gasteiger partial charge >= 0.3 is 5.82 Å². The predicted molar refractivity (Wildman–Crippen MR) is 71.6 cm³/mol. The molecule has 0 aliphatic carbocycles. The lowest BCUT2D eigenvalue weighted by Crippen LogP contribution is -2.19. The summed E-state index contributed by atoms with van der Waals surface area (Å²) in [5, 5.41) is 16.4. The number of halogens is 2. The maximum Gasteiger partial charge on any atom is 0.389 e. The lowest BCUT2D eigenvalue weighted by atomic mass is 10.3. The van der Waals surface area contributed by atoms with Crippen LogP contribution in [0.3, 0.4) is 0 Å². The normalized spacial score (nSPS) is 10.3. The maximum atomic E-state index is 13.4. The van der Waals surface area contributed by atoms with Gasteiger partial charge in [-0.3, -0.25) is 4.79 Å². The predicted octanol–water partition coefficient (Wildman–Crippen LogP) is 2.33. The Labute approximate surface area is 120 Å². The van der Waals surface area contributed by atoms with Crippen molar-refractivity contribution in [1.29, 1.82) is 0 Å². The number of carbonyl (C=O) groups excluding carboxylic acids is 1. The van der Waals surface area contributed by atoms with Gasteiger partial charge in [0.15, 0.2) is 0 Å². The van der Waals surface area contributed by atoms with Gasteiger partial charge < -0.3 is 15.4 Å². The summed E-state index contributed by atoms with van der Waals surface area (Å²) in [4.78, 5) is 21.5. The summed E-state index contributed by atoms with van der Waals surface area (Å²) in [6.45, 7) is -0.250. The lowest BCUT2D eigenvalue weighted by Gasteiger charge is -2.05. The fourth-order valence-electron chi connectivity index (χ4n) is 1.47. The summed E-state index contributed by atoms with van der Waals surface area (Å²) >= 11 is 3.16. The Bertz CT molecular complexity index is 673. The van der Waals surface area contributed by atoms with Crippen LogP contribution in [0.2, 0.25) is 0 Å². The third-order valence-electron chi connectivity index (χ3n) is 2.32. The van der Waals surface area contributed by atoms with Crippen molar-refractivity contribution in [2.75, 3.05) is 5.32 Å². The van der Waals surface area contributed by atoms with E-state index in [1.807, 2.05) is 0 Å². The molecule has 104 valence electrons. The zero-order valence-electron chi connectivity index (χ0n) is 9.92. The average Bonchev–Trinajstić information content (AvgIpc) is 2.82. The van der Waals surface area contributed by atoms with Gasteiger partial charge in [-0.15, -0.1) is 0 Å². The van der Waals surface area contributed by atoms with E-state index in [-0.39, 0.29) is 18.1 Å². The molecule has 0 aliphatic rings. The maximum absolute atomic E-state index is 13.4. The first-order valence-corrected chi connectivity index (χ1v) is 6.18. The number of hydrogen-bond acceptors (Lipinski definition) is 4. The third-order valence-corrected chi connectivity index (χ3v) is 2.81. The highest BCUT2D eigenvalue weighted by Gasteiger charge is 2.14. The summed E-state index contributed by atoms with van der Waals surface area (Å²) in [5.74, 6) is -1.47. The summed E-state index contributed by atoms with van der Waals surface area (Å²) in [7, 11) is 0. The highest BCUT2D eigenvalue weighted by molar-refractivity contribution is 9.10. The van der Waals surface area contributed by atoms with Crippen molar-refractivity contribution in [3.8, 4) is 0 Å². The number of hydrogen-bond donors (Lipinski definition) is 1. The summed E-state index contributed by atoms with van der Waals surface area (Å²) in [6.07, 6.45) is 1.30. The molecule has 1 heterocycles. The second-order valence-electron chi connectivity index (χ2n) is 3.80. The van der Waals surface area contributed by atoms with Crippen LogP contribution in [-0.4, -0.2) is 20.6 Å². The standard InChI is InChI=1S/C11H8BrFN4O3/c12-7-1-2-8(13)9(5-7)14-11(18)6-16-4-3-10(15-16)17(19)20/h1-5H,6H2,(H,14,18). The SMILES string of the molecule is O=C(Cn1ccc([N+](=O)[O-])n1)Nc1cc(Br)ccc1F. The van der Waals surface area contributed by atoms with E-state index in [9.17, 15) is 19.3 Å². The van der Waals surface area contributed by atoms with Crippen LogP contribution < -0.4 is 5.32 Å². The molecule has 0 aliphatic heterocycles. The largest absolute Gasteiger partial charge is 0.389 e. The van der Waals surface area contributed by atoms with Gasteiger partial charge in [-0.05, 0) is 23.1 Å². The molecular formula is C11H8BrFN4O3. The van der Waals surface area contributed by atoms with E-state index < -0.39 is 16.6 Å². The number of carbonyl (C=O) groups is 1. The number of rotatable bonds is 4. The number of anilines is 1. The molecule has 20 heavy (non-hydrogen) atoms. The topological polar surface area (TPSA) is 90.1 Å². The monoisotopic (exact) mass is 342 g/mol. The molecule has 0 spiro atoms. The van der Waals surface area contributed by atoms with Crippen molar-refractivity contribution < 1.29 is 14.1 Å². The van der Waals surface area contributed by atoms with Crippen LogP contribution in [0.25, 0.3) is 0 Å². The Morgan fingerprint density at radius 3 is 2.90 bits per heavy atom. The third kappa shape index (κ3) is 3.38. The molecule has 0 unspecified atom stereocenters. The highest BCUT2D eigenvalue weighted by Crippen LogP contribution is 2.20. The Balaban J connectivity index is 2.05. The molecule has 0 fully saturated rings. The van der Waals surface area contributed by atoms with E-state index in [1.54, 1.807) is 0 Å². The number of amides is 1. The van der Waals surface area contributed by atoms with E-state index in [1.165, 1.54) is 30.5 Å². The molecule has 1 aromatic carbocycles. The Morgan fingerprint density at radius 2 is 2.25 bits per heavy atom. The van der Waals surface area contributed by atoms with Gasteiger partial charge in [0.2, 0.25) is 5.91 Å². The molecule has 2 aromatic rings. The zero-order chi connectivity index (χ0) is 14.7. The van der Waals surface area contributed by atoms with Crippen molar-refractivity contribution in [3.63, 3.8) is 0 Å². The van der Waals surface area contributed by atoms with Gasteiger partial charge in [0.1, 0.15) is 12.4 Å². The molecule has 0 saturated carbocycles. The molecule has 0 bridgehead atoms. The summed E-state index contributed by atoms with van der Waals surface area (Å²) in [5.41, 5.74) is 0.0195. The fourth-order valence-corrected chi connectivity index (χ4v) is 1.83. The van der Waals surface area contributed by atoms with E-state index in [2.05, 4.69) is 26.3 Å². The van der Waals surface area contributed by atoms with Crippen molar-refractivity contribution in [1.82, 2.24) is 9.78 Å². The van der Waals surface area contributed by atoms with Gasteiger partial charge in [-0.2, -0.15) is 4.68 Å². The van der Waals surface area contributed by atoms with Gasteiger partial charge in [-0.25, -0.2) is 4.39 Å². The quantitative estimate of drug-likeness (QED) is 0.681. The van der Waals surface area contributed by atoms with Crippen molar-refractivity contribution in [2.24, 2.45) is 0 Å². The molecule has 2 rings (SSSR count). The van der Waals surface area contributed by atoms with Crippen LogP contribution in [0.5, 0.6) is 0 Å². The highest BCUT2D eigenvalue weighted by atomic mass is 79.9. The lowest BCUT2D eigenvalue weighted by molar-refractivity contribution is -0.389. The minimum atomic E-state index is -0.664. The van der Waals surface area contributed by atoms with E-state index >= 15 is 0 Å². The first kappa shape index (κ1) is 14.1. The minimum absolute atomic E-state index is 0.0195. The molecule has 1 amide bonds. The Morgan fingerprint density at radius 1 is 1.50 bits per heavy atom. The zero-order valence-corrected chi connectivity index (χ0v) is 11.5. The minimum Gasteiger partial charge on any atom is -0.358 e. The van der Waals surface area contributed by atoms with Gasteiger partial charge in [0, 0.05) is 4.47 Å². The number of aromatic nitrogens is 2. The summed E-state index contributed by atoms with van der Waals surface area (Å²) < 4.78 is 15.1. The van der Waals surface area contributed by atoms with Gasteiger partial charge in [0.25, 0.3) is 0 Å². The average molecular weight is 343 g/mol. The van der Waals surface area contributed by atoms with E-state index in [4.69, 9.17) is 0 Å². The van der Waals surface area contributed by atoms with Crippen molar-refractivity contribution in [3.05, 3.63) is 50.9 Å². The number of nitrogens with zero attached hydrogens (tertiary/aromatic N) is 3. The van der Waals surface area contributed by atoms with Crippen LogP contribution in [0.1, 0.15) is 0 Å². The second kappa shape index (κ2) is 5.78. The van der Waals surface area contributed by atoms with Gasteiger partial charge in [0.05, 0.1) is 23.0 Å². The number of nitrogens with one attached hydrogen (secondary N) is 1. The first-order chi connectivity index (χ1) is 9.45. The Kier molecular flexibility index (Phi) is 4.08. The molecule has 1 N–H and O–H groups in total. The first-order valence-electron chi connectivity index (χ1n) is 5.38. The molecule has 0 atom stereocenters. The second-order valence-corrected chi connectivity index (χ2v) is 4.72. The van der Waals surface area contributed by atoms with Crippen molar-refractivity contribution >= 4 is 33.3 Å². The molecule has 7 nitrogen and oxygen atoms in total. The smallest absolute Gasteiger partial charge is 0.358 e. The number of benzene rings is 1. The summed E-state index contributed by atoms with van der Waals surface area (Å²) in [6, 6.07) is 5.30. The molecule has 0 saturated heterocycles. The van der Waals surface area contributed by atoms with E-state index in [0.29, 0.717) is 4.47 Å². The van der Waals surface area contributed by atoms with Crippen molar-refractivity contribution in [2.45, 2.75) is 6.54 Å². The Hall–Kier alpha value is -2.29. The fraction of sp³-hybridized carbons (Fsp3) is 0.0909. The van der Waals surface area contributed by atoms with Crippen LogP contribution in [0, 0.1) is 15.9 Å². The molecule has 9 heteroatoms. The van der Waals surface area contributed by atoms with Crippen LogP contribution in [0.15, 0.2) is 34.9 Å². The van der Waals surface area contributed by atoms with Crippen LogP contribution in [0.4, 0.5) is 15.9 Å². The number of nitro groups is 1. The van der Waals surface area contributed by atoms with Crippen LogP contribution in [-0.2, 0) is 11.3 Å². The van der Waals surface area contributed by atoms with E-state index in [0.717, 1.165) is 4.68 Å². The van der Waals surface area contributed by atoms with Gasteiger partial charge in [-0.1, -0.05) is 15.9 Å². The molecule has 1 aromatic heterocycles. The molecular weight excluding hydrogens is 335 g/mol. The molecule has 0 radical (unpaired) electrons.